The van der Waals surface area contributed by atoms with E-state index < -0.39 is 0 Å². The van der Waals surface area contributed by atoms with Crippen LogP contribution < -0.4 is 11.1 Å². The number of anilines is 3. The Hall–Kier alpha value is -4.80. The monoisotopic (exact) mass is 480 g/mol. The Morgan fingerprint density at radius 1 is 1.08 bits per heavy atom. The fraction of sp³-hybridized carbons (Fsp3) is 0.200. The number of aromatic nitrogens is 7. The second-order valence-corrected chi connectivity index (χ2v) is 8.85. The Morgan fingerprint density at radius 3 is 2.81 bits per heavy atom. The Kier molecular flexibility index (Phi) is 5.10. The van der Waals surface area contributed by atoms with Gasteiger partial charge in [-0.3, -0.25) is 14.5 Å². The smallest absolute Gasteiger partial charge is 0.244 e. The molecule has 1 amide bonds. The maximum absolute atomic E-state index is 12.2. The summed E-state index contributed by atoms with van der Waals surface area (Å²) in [5, 5.41) is 9.48. The zero-order chi connectivity index (χ0) is 24.8. The average Bonchev–Trinajstić information content (AvgIpc) is 3.50. The second-order valence-electron chi connectivity index (χ2n) is 8.85. The number of carbonyl (C=O) groups is 1. The number of pyridine rings is 3. The number of likely N-dealkylation sites (N-methyl/N-ethyl adjacent to an activating group) is 1. The number of hydrogen-bond donors (Lipinski definition) is 2. The van der Waals surface area contributed by atoms with E-state index in [1.54, 1.807) is 40.7 Å². The van der Waals surface area contributed by atoms with Gasteiger partial charge in [-0.1, -0.05) is 0 Å². The predicted octanol–water partition coefficient (Wildman–Crippen LogP) is 2.72. The molecule has 0 unspecified atom stereocenters. The van der Waals surface area contributed by atoms with Gasteiger partial charge in [0, 0.05) is 67.5 Å². The number of amides is 1. The van der Waals surface area contributed by atoms with Crippen LogP contribution in [0.1, 0.15) is 11.3 Å². The van der Waals surface area contributed by atoms with E-state index in [2.05, 4.69) is 30.4 Å². The van der Waals surface area contributed by atoms with Crippen molar-refractivity contribution in [2.24, 2.45) is 0 Å². The van der Waals surface area contributed by atoms with Crippen molar-refractivity contribution in [1.29, 1.82) is 0 Å². The molecule has 11 heteroatoms. The Morgan fingerprint density at radius 2 is 1.97 bits per heavy atom. The summed E-state index contributed by atoms with van der Waals surface area (Å²) in [5.41, 5.74) is 10.9. The summed E-state index contributed by atoms with van der Waals surface area (Å²) in [4.78, 5) is 31.6. The topological polar surface area (TPSA) is 133 Å². The molecule has 1 aliphatic heterocycles. The molecule has 11 nitrogen and oxygen atoms in total. The minimum Gasteiger partial charge on any atom is -0.383 e. The summed E-state index contributed by atoms with van der Waals surface area (Å²) in [6.07, 6.45) is 11.4. The number of nitrogen functional groups attached to an aromatic ring is 1. The molecular weight excluding hydrogens is 456 g/mol. The van der Waals surface area contributed by atoms with E-state index >= 15 is 0 Å². The molecule has 6 rings (SSSR count). The fourth-order valence-corrected chi connectivity index (χ4v) is 4.46. The van der Waals surface area contributed by atoms with Crippen molar-refractivity contribution in [3.63, 3.8) is 0 Å². The molecule has 0 saturated carbocycles. The molecule has 0 spiro atoms. The van der Waals surface area contributed by atoms with Gasteiger partial charge in [-0.05, 0) is 30.0 Å². The summed E-state index contributed by atoms with van der Waals surface area (Å²) in [5.74, 6) is 1.71. The fourth-order valence-electron chi connectivity index (χ4n) is 4.46. The van der Waals surface area contributed by atoms with E-state index in [4.69, 9.17) is 5.73 Å². The van der Waals surface area contributed by atoms with E-state index in [9.17, 15) is 4.79 Å². The van der Waals surface area contributed by atoms with Crippen molar-refractivity contribution in [2.75, 3.05) is 24.6 Å². The number of imidazole rings is 1. The third-order valence-electron chi connectivity index (χ3n) is 6.53. The van der Waals surface area contributed by atoms with Gasteiger partial charge in [0.1, 0.15) is 18.2 Å². The van der Waals surface area contributed by atoms with E-state index in [-0.39, 0.29) is 12.5 Å². The van der Waals surface area contributed by atoms with Crippen LogP contribution in [0.4, 0.5) is 17.5 Å². The van der Waals surface area contributed by atoms with E-state index in [0.29, 0.717) is 24.0 Å². The first-order chi connectivity index (χ1) is 17.5. The molecule has 0 aliphatic carbocycles. The summed E-state index contributed by atoms with van der Waals surface area (Å²) in [6, 6.07) is 5.86. The molecule has 6 heterocycles. The summed E-state index contributed by atoms with van der Waals surface area (Å²) < 4.78 is 3.67. The lowest BCUT2D eigenvalue weighted by Gasteiger charge is -2.13. The van der Waals surface area contributed by atoms with E-state index in [0.717, 1.165) is 45.4 Å². The molecule has 180 valence electrons. The predicted molar refractivity (Wildman–Crippen MR) is 136 cm³/mol. The second kappa shape index (κ2) is 8.45. The highest BCUT2D eigenvalue weighted by Crippen LogP contribution is 2.31. The van der Waals surface area contributed by atoms with Gasteiger partial charge in [0.25, 0.3) is 0 Å². The molecule has 0 aromatic carbocycles. The van der Waals surface area contributed by atoms with Crippen LogP contribution in [0.5, 0.6) is 0 Å². The first kappa shape index (κ1) is 21.7. The number of fused-ring (bicyclic) bond motifs is 2. The number of carbonyl (C=O) groups excluding carboxylic acids is 1. The molecule has 5 aromatic rings. The highest BCUT2D eigenvalue weighted by Gasteiger charge is 2.19. The van der Waals surface area contributed by atoms with Crippen LogP contribution in [0.15, 0.2) is 55.5 Å². The lowest BCUT2D eigenvalue weighted by atomic mass is 10.0. The summed E-state index contributed by atoms with van der Waals surface area (Å²) in [6.45, 7) is 2.93. The van der Waals surface area contributed by atoms with Gasteiger partial charge in [-0.25, -0.2) is 15.0 Å². The quantitative estimate of drug-likeness (QED) is 0.401. The molecule has 0 atom stereocenters. The van der Waals surface area contributed by atoms with Crippen LogP contribution in [0.3, 0.4) is 0 Å². The molecule has 0 radical (unpaired) electrons. The zero-order valence-electron chi connectivity index (χ0n) is 19.9. The van der Waals surface area contributed by atoms with Gasteiger partial charge in [0.15, 0.2) is 5.82 Å². The Bertz CT molecular complexity index is 1610. The standard InChI is InChI=1S/C25H24N10O/c1-15-18(10-28-12-21(15)34-6-4-27-14-34)20-7-16-8-22(29-11-19(16)25(26)30-20)31-23-9-17-3-5-33(2)24(36)13-35(17)32-23/h4,6-12,14H,3,5,13H2,1-2H3,(H2,26,30)(H,29,31,32). The number of hydrogen-bond acceptors (Lipinski definition) is 8. The summed E-state index contributed by atoms with van der Waals surface area (Å²) in [7, 11) is 1.81. The third-order valence-corrected chi connectivity index (χ3v) is 6.53. The van der Waals surface area contributed by atoms with Gasteiger partial charge in [0.05, 0.1) is 23.9 Å². The molecule has 0 fully saturated rings. The maximum atomic E-state index is 12.2. The minimum absolute atomic E-state index is 0.0459. The molecular formula is C25H24N10O. The Balaban J connectivity index is 1.34. The number of nitrogens with two attached hydrogens (primary N) is 1. The van der Waals surface area contributed by atoms with Crippen LogP contribution in [-0.4, -0.2) is 58.7 Å². The van der Waals surface area contributed by atoms with E-state index in [1.807, 2.05) is 42.9 Å². The van der Waals surface area contributed by atoms with Gasteiger partial charge in [-0.15, -0.1) is 0 Å². The van der Waals surface area contributed by atoms with Crippen molar-refractivity contribution in [2.45, 2.75) is 19.9 Å². The van der Waals surface area contributed by atoms with Crippen LogP contribution in [0, 0.1) is 6.92 Å². The zero-order valence-corrected chi connectivity index (χ0v) is 19.9. The Labute approximate surface area is 206 Å². The SMILES string of the molecule is Cc1c(-c2cc3cc(Nc4cc5n(n4)CC(=O)N(C)CC5)ncc3c(N)n2)cncc1-n1ccnc1. The summed E-state index contributed by atoms with van der Waals surface area (Å²) >= 11 is 0. The molecule has 0 saturated heterocycles. The van der Waals surface area contributed by atoms with Crippen LogP contribution in [0.25, 0.3) is 27.7 Å². The highest BCUT2D eigenvalue weighted by atomic mass is 16.2. The van der Waals surface area contributed by atoms with Crippen LogP contribution in [0.2, 0.25) is 0 Å². The number of rotatable bonds is 4. The largest absolute Gasteiger partial charge is 0.383 e. The van der Waals surface area contributed by atoms with Gasteiger partial charge < -0.3 is 20.5 Å². The third kappa shape index (κ3) is 3.80. The molecule has 0 bridgehead atoms. The van der Waals surface area contributed by atoms with Crippen molar-refractivity contribution in [3.05, 3.63) is 66.8 Å². The van der Waals surface area contributed by atoms with Crippen LogP contribution >= 0.6 is 0 Å². The molecule has 5 aromatic heterocycles. The lowest BCUT2D eigenvalue weighted by Crippen LogP contribution is -2.29. The molecule has 1 aliphatic rings. The van der Waals surface area contributed by atoms with Crippen molar-refractivity contribution in [1.82, 2.24) is 39.2 Å². The highest BCUT2D eigenvalue weighted by molar-refractivity contribution is 5.95. The van der Waals surface area contributed by atoms with Gasteiger partial charge >= 0.3 is 0 Å². The maximum Gasteiger partial charge on any atom is 0.244 e. The van der Waals surface area contributed by atoms with Crippen LogP contribution in [-0.2, 0) is 17.8 Å². The van der Waals surface area contributed by atoms with Crippen molar-refractivity contribution >= 4 is 34.1 Å². The van der Waals surface area contributed by atoms with Gasteiger partial charge in [0.2, 0.25) is 5.91 Å². The number of nitrogens with zero attached hydrogens (tertiary/aromatic N) is 8. The average molecular weight is 481 g/mol. The van der Waals surface area contributed by atoms with Crippen molar-refractivity contribution < 1.29 is 4.79 Å². The van der Waals surface area contributed by atoms with Gasteiger partial charge in [-0.2, -0.15) is 5.10 Å². The normalized spacial score (nSPS) is 13.6. The lowest BCUT2D eigenvalue weighted by molar-refractivity contribution is -0.130. The molecule has 36 heavy (non-hydrogen) atoms. The first-order valence-corrected chi connectivity index (χ1v) is 11.5. The minimum atomic E-state index is 0.0459. The van der Waals surface area contributed by atoms with Crippen molar-refractivity contribution in [3.8, 4) is 16.9 Å². The number of nitrogens with one attached hydrogen (secondary N) is 1. The first-order valence-electron chi connectivity index (χ1n) is 11.5. The van der Waals surface area contributed by atoms with E-state index in [1.165, 1.54) is 0 Å². The molecule has 3 N–H and O–H groups in total.